The Morgan fingerprint density at radius 3 is 2.48 bits per heavy atom. The lowest BCUT2D eigenvalue weighted by Gasteiger charge is -2.32. The van der Waals surface area contributed by atoms with Gasteiger partial charge in [-0.2, -0.15) is 0 Å². The van der Waals surface area contributed by atoms with Crippen LogP contribution >= 0.6 is 0 Å². The highest BCUT2D eigenvalue weighted by molar-refractivity contribution is 5.78. The van der Waals surface area contributed by atoms with Crippen LogP contribution in [-0.4, -0.2) is 25.2 Å². The molecular weight excluding hydrogens is 256 g/mol. The average molecular weight is 280 g/mol. The molecule has 110 valence electrons. The van der Waals surface area contributed by atoms with Gasteiger partial charge in [0.25, 0.3) is 0 Å². The van der Waals surface area contributed by atoms with Gasteiger partial charge in [0.05, 0.1) is 0 Å². The quantitative estimate of drug-likeness (QED) is 0.896. The molecule has 2 aromatic carbocycles. The molecule has 0 saturated carbocycles. The maximum atomic E-state index is 3.64. The SMILES string of the molecule is CC1(C)CN(c2ccccc2-c2ccccc2)CCCN1. The smallest absolute Gasteiger partial charge is 0.0446 e. The monoisotopic (exact) mass is 280 g/mol. The molecule has 1 aliphatic heterocycles. The van der Waals surface area contributed by atoms with Crippen molar-refractivity contribution in [2.24, 2.45) is 0 Å². The summed E-state index contributed by atoms with van der Waals surface area (Å²) in [5.74, 6) is 0. The van der Waals surface area contributed by atoms with Crippen molar-refractivity contribution < 1.29 is 0 Å². The Balaban J connectivity index is 1.99. The molecule has 0 unspecified atom stereocenters. The second-order valence-corrected chi connectivity index (χ2v) is 6.47. The summed E-state index contributed by atoms with van der Waals surface area (Å²) in [6.45, 7) is 7.82. The van der Waals surface area contributed by atoms with E-state index in [0.717, 1.165) is 19.6 Å². The molecule has 2 aromatic rings. The minimum Gasteiger partial charge on any atom is -0.369 e. The Kier molecular flexibility index (Phi) is 3.98. The summed E-state index contributed by atoms with van der Waals surface area (Å²) < 4.78 is 0. The van der Waals surface area contributed by atoms with Crippen LogP contribution in [0.5, 0.6) is 0 Å². The molecule has 2 nitrogen and oxygen atoms in total. The zero-order chi connectivity index (χ0) is 14.7. The summed E-state index contributed by atoms with van der Waals surface area (Å²) in [6, 6.07) is 19.4. The first-order valence-corrected chi connectivity index (χ1v) is 7.80. The van der Waals surface area contributed by atoms with E-state index in [4.69, 9.17) is 0 Å². The van der Waals surface area contributed by atoms with E-state index in [9.17, 15) is 0 Å². The van der Waals surface area contributed by atoms with Gasteiger partial charge in [-0.3, -0.25) is 0 Å². The average Bonchev–Trinajstić information content (AvgIpc) is 2.69. The molecule has 0 amide bonds. The molecule has 1 saturated heterocycles. The predicted octanol–water partition coefficient (Wildman–Crippen LogP) is 3.93. The number of rotatable bonds is 2. The highest BCUT2D eigenvalue weighted by atomic mass is 15.2. The van der Waals surface area contributed by atoms with Crippen molar-refractivity contribution in [3.05, 3.63) is 54.6 Å². The van der Waals surface area contributed by atoms with Crippen LogP contribution in [0, 0.1) is 0 Å². The number of hydrogen-bond donors (Lipinski definition) is 1. The zero-order valence-electron chi connectivity index (χ0n) is 13.0. The van der Waals surface area contributed by atoms with Gasteiger partial charge in [0, 0.05) is 29.9 Å². The predicted molar refractivity (Wildman–Crippen MR) is 90.8 cm³/mol. The second-order valence-electron chi connectivity index (χ2n) is 6.47. The van der Waals surface area contributed by atoms with Crippen molar-refractivity contribution in [2.75, 3.05) is 24.5 Å². The number of nitrogens with one attached hydrogen (secondary N) is 1. The highest BCUT2D eigenvalue weighted by Gasteiger charge is 2.25. The van der Waals surface area contributed by atoms with Crippen LogP contribution in [0.25, 0.3) is 11.1 Å². The first-order chi connectivity index (χ1) is 10.2. The maximum Gasteiger partial charge on any atom is 0.0446 e. The molecule has 0 atom stereocenters. The van der Waals surface area contributed by atoms with Crippen molar-refractivity contribution in [3.8, 4) is 11.1 Å². The summed E-state index contributed by atoms with van der Waals surface area (Å²) in [4.78, 5) is 2.53. The number of hydrogen-bond acceptors (Lipinski definition) is 2. The van der Waals surface area contributed by atoms with Crippen LogP contribution in [0.2, 0.25) is 0 Å². The lowest BCUT2D eigenvalue weighted by molar-refractivity contribution is 0.416. The summed E-state index contributed by atoms with van der Waals surface area (Å²) in [5.41, 5.74) is 4.12. The molecule has 0 radical (unpaired) electrons. The standard InChI is InChI=1S/C19H24N2/c1-19(2)15-21(14-8-13-20-19)18-12-7-6-11-17(18)16-9-4-3-5-10-16/h3-7,9-12,20H,8,13-15H2,1-2H3. The van der Waals surface area contributed by atoms with E-state index in [0.29, 0.717) is 0 Å². The third-order valence-electron chi connectivity index (χ3n) is 4.12. The highest BCUT2D eigenvalue weighted by Crippen LogP contribution is 2.32. The molecule has 1 heterocycles. The van der Waals surface area contributed by atoms with Crippen LogP contribution < -0.4 is 10.2 Å². The normalized spacial score (nSPS) is 18.3. The molecule has 3 rings (SSSR count). The van der Waals surface area contributed by atoms with E-state index in [2.05, 4.69) is 78.7 Å². The first kappa shape index (κ1) is 14.2. The maximum absolute atomic E-state index is 3.64. The number of anilines is 1. The van der Waals surface area contributed by atoms with Crippen LogP contribution in [-0.2, 0) is 0 Å². The van der Waals surface area contributed by atoms with Crippen LogP contribution in [0.1, 0.15) is 20.3 Å². The van der Waals surface area contributed by atoms with Crippen molar-refractivity contribution in [3.63, 3.8) is 0 Å². The first-order valence-electron chi connectivity index (χ1n) is 7.80. The van der Waals surface area contributed by atoms with Gasteiger partial charge in [-0.15, -0.1) is 0 Å². The summed E-state index contributed by atoms with van der Waals surface area (Å²) >= 11 is 0. The van der Waals surface area contributed by atoms with Gasteiger partial charge >= 0.3 is 0 Å². The summed E-state index contributed by atoms with van der Waals surface area (Å²) in [5, 5.41) is 3.64. The second kappa shape index (κ2) is 5.90. The molecule has 0 aromatic heterocycles. The van der Waals surface area contributed by atoms with E-state index >= 15 is 0 Å². The molecule has 0 aliphatic carbocycles. The Hall–Kier alpha value is -1.80. The Bertz CT molecular complexity index is 590. The van der Waals surface area contributed by atoms with Crippen molar-refractivity contribution in [1.82, 2.24) is 5.32 Å². The molecule has 1 aliphatic rings. The van der Waals surface area contributed by atoms with E-state index in [1.54, 1.807) is 0 Å². The Labute approximate surface area is 127 Å². The zero-order valence-corrected chi connectivity index (χ0v) is 13.0. The van der Waals surface area contributed by atoms with Gasteiger partial charge in [0.1, 0.15) is 0 Å². The molecule has 2 heteroatoms. The van der Waals surface area contributed by atoms with E-state index in [1.165, 1.54) is 23.2 Å². The van der Waals surface area contributed by atoms with Crippen LogP contribution in [0.3, 0.4) is 0 Å². The van der Waals surface area contributed by atoms with Gasteiger partial charge in [-0.05, 0) is 38.4 Å². The third kappa shape index (κ3) is 3.27. The fourth-order valence-corrected chi connectivity index (χ4v) is 3.13. The van der Waals surface area contributed by atoms with E-state index in [-0.39, 0.29) is 5.54 Å². The molecule has 21 heavy (non-hydrogen) atoms. The van der Waals surface area contributed by atoms with E-state index in [1.807, 2.05) is 0 Å². The van der Waals surface area contributed by atoms with Crippen LogP contribution in [0.15, 0.2) is 54.6 Å². The number of benzene rings is 2. The summed E-state index contributed by atoms with van der Waals surface area (Å²) in [7, 11) is 0. The molecule has 1 N–H and O–H groups in total. The number of nitrogens with zero attached hydrogens (tertiary/aromatic N) is 1. The largest absolute Gasteiger partial charge is 0.369 e. The van der Waals surface area contributed by atoms with Gasteiger partial charge in [0.2, 0.25) is 0 Å². The van der Waals surface area contributed by atoms with Crippen molar-refractivity contribution in [2.45, 2.75) is 25.8 Å². The topological polar surface area (TPSA) is 15.3 Å². The van der Waals surface area contributed by atoms with Crippen molar-refractivity contribution in [1.29, 1.82) is 0 Å². The molecule has 0 spiro atoms. The Morgan fingerprint density at radius 1 is 0.952 bits per heavy atom. The molecular formula is C19H24N2. The van der Waals surface area contributed by atoms with Gasteiger partial charge in [-0.25, -0.2) is 0 Å². The van der Waals surface area contributed by atoms with Crippen LogP contribution in [0.4, 0.5) is 5.69 Å². The fraction of sp³-hybridized carbons (Fsp3) is 0.368. The lowest BCUT2D eigenvalue weighted by atomic mass is 10.0. The van der Waals surface area contributed by atoms with Gasteiger partial charge in [-0.1, -0.05) is 48.5 Å². The number of para-hydroxylation sites is 1. The fourth-order valence-electron chi connectivity index (χ4n) is 3.13. The minimum absolute atomic E-state index is 0.153. The van der Waals surface area contributed by atoms with E-state index < -0.39 is 0 Å². The molecule has 0 bridgehead atoms. The van der Waals surface area contributed by atoms with Gasteiger partial charge < -0.3 is 10.2 Å². The summed E-state index contributed by atoms with van der Waals surface area (Å²) in [6.07, 6.45) is 1.19. The lowest BCUT2D eigenvalue weighted by Crippen LogP contribution is -2.46. The van der Waals surface area contributed by atoms with Crippen molar-refractivity contribution >= 4 is 5.69 Å². The molecule has 1 fully saturated rings. The third-order valence-corrected chi connectivity index (χ3v) is 4.12. The Morgan fingerprint density at radius 2 is 1.67 bits per heavy atom. The minimum atomic E-state index is 0.153. The van der Waals surface area contributed by atoms with Gasteiger partial charge in [0.15, 0.2) is 0 Å².